The molecule has 1 fully saturated rings. The lowest BCUT2D eigenvalue weighted by atomic mass is 9.97. The summed E-state index contributed by atoms with van der Waals surface area (Å²) >= 11 is 0. The van der Waals surface area contributed by atoms with E-state index in [1.54, 1.807) is 0 Å². The summed E-state index contributed by atoms with van der Waals surface area (Å²) in [7, 11) is 0. The SMILES string of the molecule is C1=CC2CC2c2c1[nH]c1ccc(-c3ccc4[nH]c5ccccc5c4c3)cc21.[HH].[HH]. The number of aromatic nitrogens is 2. The van der Waals surface area contributed by atoms with E-state index in [2.05, 4.69) is 82.8 Å². The van der Waals surface area contributed by atoms with Crippen LogP contribution in [0.4, 0.5) is 0 Å². The van der Waals surface area contributed by atoms with Crippen LogP contribution in [0, 0.1) is 5.92 Å². The number of hydrogen-bond acceptors (Lipinski definition) is 0. The molecule has 27 heavy (non-hydrogen) atoms. The lowest BCUT2D eigenvalue weighted by Crippen LogP contribution is -1.89. The fourth-order valence-corrected chi connectivity index (χ4v) is 4.95. The van der Waals surface area contributed by atoms with Gasteiger partial charge in [-0.2, -0.15) is 0 Å². The molecule has 2 heterocycles. The summed E-state index contributed by atoms with van der Waals surface area (Å²) in [6.45, 7) is 0. The fraction of sp³-hybridized carbons (Fsp3) is 0.120. The number of fused-ring (bicyclic) bond motifs is 8. The minimum atomic E-state index is 0. The van der Waals surface area contributed by atoms with Gasteiger partial charge in [-0.25, -0.2) is 0 Å². The summed E-state index contributed by atoms with van der Waals surface area (Å²) in [6.07, 6.45) is 5.96. The lowest BCUT2D eigenvalue weighted by molar-refractivity contribution is 1.00. The van der Waals surface area contributed by atoms with Crippen LogP contribution < -0.4 is 0 Å². The number of hydrogen-bond donors (Lipinski definition) is 2. The van der Waals surface area contributed by atoms with Crippen LogP contribution >= 0.6 is 0 Å². The molecule has 0 saturated heterocycles. The molecule has 1 saturated carbocycles. The summed E-state index contributed by atoms with van der Waals surface area (Å²) < 4.78 is 0. The van der Waals surface area contributed by atoms with Crippen molar-refractivity contribution < 1.29 is 2.85 Å². The summed E-state index contributed by atoms with van der Waals surface area (Å²) in [4.78, 5) is 7.13. The van der Waals surface area contributed by atoms with Crippen LogP contribution in [0.2, 0.25) is 0 Å². The number of rotatable bonds is 1. The molecule has 2 nitrogen and oxygen atoms in total. The van der Waals surface area contributed by atoms with Crippen LogP contribution in [-0.4, -0.2) is 9.97 Å². The van der Waals surface area contributed by atoms with Gasteiger partial charge in [0.25, 0.3) is 0 Å². The third-order valence-corrected chi connectivity index (χ3v) is 6.43. The van der Waals surface area contributed by atoms with E-state index in [0.717, 1.165) is 11.8 Å². The van der Waals surface area contributed by atoms with E-state index in [-0.39, 0.29) is 2.85 Å². The largest absolute Gasteiger partial charge is 0.355 e. The number of allylic oxidation sites excluding steroid dienone is 1. The molecule has 2 atom stereocenters. The molecule has 2 aliphatic rings. The highest BCUT2D eigenvalue weighted by Gasteiger charge is 2.41. The Morgan fingerprint density at radius 3 is 2.37 bits per heavy atom. The number of aromatic amines is 2. The van der Waals surface area contributed by atoms with Gasteiger partial charge < -0.3 is 9.97 Å². The number of para-hydroxylation sites is 1. The second-order valence-electron chi connectivity index (χ2n) is 8.01. The molecule has 7 rings (SSSR count). The molecule has 5 aromatic rings. The van der Waals surface area contributed by atoms with Crippen molar-refractivity contribution in [2.24, 2.45) is 5.92 Å². The molecule has 2 aromatic heterocycles. The minimum absolute atomic E-state index is 0. The summed E-state index contributed by atoms with van der Waals surface area (Å²) in [5.41, 5.74) is 9.08. The van der Waals surface area contributed by atoms with E-state index in [1.165, 1.54) is 61.5 Å². The summed E-state index contributed by atoms with van der Waals surface area (Å²) in [5.74, 6) is 1.49. The first-order valence-electron chi connectivity index (χ1n) is 9.70. The van der Waals surface area contributed by atoms with Crippen molar-refractivity contribution >= 4 is 38.8 Å². The number of H-pyrrole nitrogens is 2. The Morgan fingerprint density at radius 1 is 0.741 bits per heavy atom. The smallest absolute Gasteiger partial charge is 0.0465 e. The fourth-order valence-electron chi connectivity index (χ4n) is 4.95. The second-order valence-corrected chi connectivity index (χ2v) is 8.01. The minimum Gasteiger partial charge on any atom is -0.355 e. The van der Waals surface area contributed by atoms with Gasteiger partial charge in [-0.3, -0.25) is 0 Å². The summed E-state index contributed by atoms with van der Waals surface area (Å²) in [6, 6.07) is 22.2. The van der Waals surface area contributed by atoms with Crippen LogP contribution in [0.1, 0.15) is 26.4 Å². The van der Waals surface area contributed by atoms with Crippen LogP contribution in [0.15, 0.2) is 66.7 Å². The average Bonchev–Trinajstić information content (AvgIpc) is 3.27. The van der Waals surface area contributed by atoms with Crippen LogP contribution in [0.5, 0.6) is 0 Å². The van der Waals surface area contributed by atoms with Gasteiger partial charge in [-0.1, -0.05) is 36.4 Å². The van der Waals surface area contributed by atoms with E-state index < -0.39 is 0 Å². The normalized spacial score (nSPS) is 20.3. The Morgan fingerprint density at radius 2 is 1.48 bits per heavy atom. The Hall–Kier alpha value is -3.26. The van der Waals surface area contributed by atoms with Crippen molar-refractivity contribution in [1.82, 2.24) is 9.97 Å². The maximum Gasteiger partial charge on any atom is 0.0465 e. The van der Waals surface area contributed by atoms with E-state index in [9.17, 15) is 0 Å². The highest BCUT2D eigenvalue weighted by atomic mass is 14.7. The van der Waals surface area contributed by atoms with Gasteiger partial charge in [0.05, 0.1) is 0 Å². The first-order chi connectivity index (χ1) is 13.3. The zero-order chi connectivity index (χ0) is 17.5. The van der Waals surface area contributed by atoms with Gasteiger partial charge in [0.1, 0.15) is 0 Å². The maximum atomic E-state index is 3.61. The van der Waals surface area contributed by atoms with E-state index in [1.807, 2.05) is 0 Å². The third kappa shape index (κ3) is 1.85. The zero-order valence-electron chi connectivity index (χ0n) is 14.8. The van der Waals surface area contributed by atoms with Gasteiger partial charge >= 0.3 is 0 Å². The van der Waals surface area contributed by atoms with Crippen LogP contribution in [-0.2, 0) is 0 Å². The molecule has 0 bridgehead atoms. The Bertz CT molecular complexity index is 1420. The van der Waals surface area contributed by atoms with Gasteiger partial charge in [0, 0.05) is 41.3 Å². The highest BCUT2D eigenvalue weighted by molar-refractivity contribution is 6.08. The molecular weight excluding hydrogens is 328 g/mol. The Labute approximate surface area is 159 Å². The van der Waals surface area contributed by atoms with Crippen molar-refractivity contribution in [2.45, 2.75) is 12.3 Å². The van der Waals surface area contributed by atoms with Gasteiger partial charge in [-0.05, 0) is 71.4 Å². The van der Waals surface area contributed by atoms with E-state index in [0.29, 0.717) is 0 Å². The molecular formula is C25H22N2. The lowest BCUT2D eigenvalue weighted by Gasteiger charge is -2.06. The number of nitrogens with one attached hydrogen (secondary N) is 2. The number of benzene rings is 3. The summed E-state index contributed by atoms with van der Waals surface area (Å²) in [5, 5.41) is 3.99. The molecule has 0 aliphatic heterocycles. The molecule has 3 aromatic carbocycles. The van der Waals surface area contributed by atoms with Crippen molar-refractivity contribution in [3.8, 4) is 11.1 Å². The van der Waals surface area contributed by atoms with Gasteiger partial charge in [0.2, 0.25) is 0 Å². The van der Waals surface area contributed by atoms with Crippen molar-refractivity contribution in [3.05, 3.63) is 78.0 Å². The van der Waals surface area contributed by atoms with Crippen molar-refractivity contribution in [3.63, 3.8) is 0 Å². The topological polar surface area (TPSA) is 31.6 Å². The van der Waals surface area contributed by atoms with E-state index in [4.69, 9.17) is 0 Å². The molecule has 2 N–H and O–H groups in total. The van der Waals surface area contributed by atoms with Crippen molar-refractivity contribution in [1.29, 1.82) is 0 Å². The molecule has 0 spiro atoms. The molecule has 0 amide bonds. The van der Waals surface area contributed by atoms with Crippen molar-refractivity contribution in [2.75, 3.05) is 0 Å². The molecule has 2 heteroatoms. The quantitative estimate of drug-likeness (QED) is 0.323. The standard InChI is InChI=1S/C25H18N2.2H2/c1-2-4-21-17(3-1)19-11-14(5-8-22(19)26-21)15-6-9-23-20(12-15)25-18-13-16(18)7-10-24(25)27-23;;/h1-12,16,18,26-27H,13H2;2*1H. The Balaban J connectivity index is 0.000000907. The molecule has 0 radical (unpaired) electrons. The van der Waals surface area contributed by atoms with E-state index >= 15 is 0 Å². The first-order valence-corrected chi connectivity index (χ1v) is 9.70. The highest BCUT2D eigenvalue weighted by Crippen LogP contribution is 2.54. The molecule has 2 aliphatic carbocycles. The Kier molecular flexibility index (Phi) is 2.42. The monoisotopic (exact) mass is 350 g/mol. The third-order valence-electron chi connectivity index (χ3n) is 6.43. The van der Waals surface area contributed by atoms with Crippen LogP contribution in [0.25, 0.3) is 49.9 Å². The predicted molar refractivity (Wildman–Crippen MR) is 117 cm³/mol. The average molecular weight is 350 g/mol. The molecule has 132 valence electrons. The van der Waals surface area contributed by atoms with Gasteiger partial charge in [0.15, 0.2) is 0 Å². The second kappa shape index (κ2) is 4.72. The van der Waals surface area contributed by atoms with Crippen LogP contribution in [0.3, 0.4) is 0 Å². The van der Waals surface area contributed by atoms with Gasteiger partial charge in [-0.15, -0.1) is 0 Å². The first kappa shape index (κ1) is 13.9. The molecule has 2 unspecified atom stereocenters. The maximum absolute atomic E-state index is 3.61. The zero-order valence-corrected chi connectivity index (χ0v) is 14.8. The predicted octanol–water partition coefficient (Wildman–Crippen LogP) is 7.09.